The lowest BCUT2D eigenvalue weighted by Crippen LogP contribution is -2.02. The molecule has 0 fully saturated rings. The van der Waals surface area contributed by atoms with Crippen LogP contribution < -0.4 is 0 Å². The van der Waals surface area contributed by atoms with Gasteiger partial charge in [0.05, 0.1) is 0 Å². The number of aromatic nitrogens is 2. The summed E-state index contributed by atoms with van der Waals surface area (Å²) in [5.41, 5.74) is -0.552. The van der Waals surface area contributed by atoms with Gasteiger partial charge >= 0.3 is 0 Å². The molecule has 0 aliphatic rings. The molecule has 0 amide bonds. The lowest BCUT2D eigenvalue weighted by molar-refractivity contribution is 0.554. The number of hydrogen-bond donors (Lipinski definition) is 0. The maximum atomic E-state index is 11.6. The van der Waals surface area contributed by atoms with E-state index in [9.17, 15) is 9.13 Å². The average molecular weight is 203 g/mol. The second-order valence-corrected chi connectivity index (χ2v) is 7.28. The molecule has 0 saturated carbocycles. The van der Waals surface area contributed by atoms with Crippen LogP contribution in [0, 0.1) is 6.20 Å². The third-order valence-electron chi connectivity index (χ3n) is 1.36. The molecule has 1 aromatic heterocycles. The largest absolute Gasteiger partial charge is 0.321 e. The molecule has 12 heavy (non-hydrogen) atoms. The minimum absolute atomic E-state index is 0.168. The van der Waals surface area contributed by atoms with Crippen LogP contribution >= 0.6 is 15.6 Å². The third kappa shape index (κ3) is 2.02. The van der Waals surface area contributed by atoms with E-state index in [0.717, 1.165) is 0 Å². The number of rotatable bonds is 3. The predicted molar refractivity (Wildman–Crippen MR) is 47.2 cm³/mol. The van der Waals surface area contributed by atoms with Crippen molar-refractivity contribution in [3.8, 4) is 0 Å². The van der Waals surface area contributed by atoms with E-state index >= 15 is 0 Å². The number of hydrogen-bond acceptors (Lipinski definition) is 3. The normalized spacial score (nSPS) is 14.8. The van der Waals surface area contributed by atoms with Crippen LogP contribution in [0.25, 0.3) is 0 Å². The SMILES string of the molecule is CP(C)(=O)C(P=O)n1cc[c]n1. The van der Waals surface area contributed by atoms with Gasteiger partial charge in [0.25, 0.3) is 0 Å². The van der Waals surface area contributed by atoms with E-state index in [-0.39, 0.29) is 8.46 Å². The lowest BCUT2D eigenvalue weighted by Gasteiger charge is -2.13. The van der Waals surface area contributed by atoms with Crippen LogP contribution in [0.15, 0.2) is 12.3 Å². The fourth-order valence-electron chi connectivity index (χ4n) is 0.818. The van der Waals surface area contributed by atoms with Crippen LogP contribution in [-0.4, -0.2) is 23.1 Å². The van der Waals surface area contributed by atoms with Gasteiger partial charge in [0.2, 0.25) is 0 Å². The first-order chi connectivity index (χ1) is 5.55. The van der Waals surface area contributed by atoms with Crippen molar-refractivity contribution in [1.29, 1.82) is 0 Å². The Kier molecular flexibility index (Phi) is 2.81. The summed E-state index contributed by atoms with van der Waals surface area (Å²) < 4.78 is 23.7. The maximum absolute atomic E-state index is 11.6. The lowest BCUT2D eigenvalue weighted by atomic mass is 10.8. The van der Waals surface area contributed by atoms with Crippen molar-refractivity contribution in [1.82, 2.24) is 9.78 Å². The quantitative estimate of drug-likeness (QED) is 0.706. The molecule has 4 nitrogen and oxygen atoms in total. The molecule has 1 heterocycles. The Hall–Kier alpha value is -0.460. The molecule has 1 aromatic rings. The molecule has 0 aliphatic heterocycles. The Morgan fingerprint density at radius 1 is 1.67 bits per heavy atom. The smallest absolute Gasteiger partial charge is 0.190 e. The monoisotopic (exact) mass is 203 g/mol. The van der Waals surface area contributed by atoms with Crippen LogP contribution in [0.3, 0.4) is 0 Å². The zero-order chi connectivity index (χ0) is 9.19. The molecule has 0 bridgehead atoms. The first kappa shape index (κ1) is 9.63. The highest BCUT2D eigenvalue weighted by atomic mass is 31.2. The highest BCUT2D eigenvalue weighted by Gasteiger charge is 2.25. The molecule has 6 heteroatoms. The zero-order valence-corrected chi connectivity index (χ0v) is 8.63. The molecule has 1 radical (unpaired) electrons. The fraction of sp³-hybridized carbons (Fsp3) is 0.500. The zero-order valence-electron chi connectivity index (χ0n) is 6.84. The summed E-state index contributed by atoms with van der Waals surface area (Å²) in [7, 11) is -2.58. The molecular weight excluding hydrogens is 194 g/mol. The average Bonchev–Trinajstić information content (AvgIpc) is 2.38. The molecule has 0 aromatic carbocycles. The second kappa shape index (κ2) is 3.51. The Morgan fingerprint density at radius 3 is 2.67 bits per heavy atom. The van der Waals surface area contributed by atoms with Crippen LogP contribution in [-0.2, 0) is 9.13 Å². The van der Waals surface area contributed by atoms with Crippen LogP contribution in [0.4, 0.5) is 0 Å². The Labute approximate surface area is 72.5 Å². The van der Waals surface area contributed by atoms with Crippen molar-refractivity contribution >= 4 is 15.6 Å². The second-order valence-electron chi connectivity index (χ2n) is 2.81. The fourth-order valence-corrected chi connectivity index (χ4v) is 2.65. The van der Waals surface area contributed by atoms with E-state index in [0.29, 0.717) is 0 Å². The maximum Gasteiger partial charge on any atom is 0.190 e. The number of nitrogens with zero attached hydrogens (tertiary/aromatic N) is 2. The Bertz CT molecular complexity index is 303. The van der Waals surface area contributed by atoms with E-state index in [1.165, 1.54) is 4.68 Å². The van der Waals surface area contributed by atoms with Gasteiger partial charge in [-0.25, -0.2) is 4.68 Å². The van der Waals surface area contributed by atoms with E-state index < -0.39 is 12.7 Å². The van der Waals surface area contributed by atoms with Crippen LogP contribution in [0.5, 0.6) is 0 Å². The summed E-state index contributed by atoms with van der Waals surface area (Å²) in [5.74, 6) is 0. The summed E-state index contributed by atoms with van der Waals surface area (Å²) in [4.78, 5) is 0. The Morgan fingerprint density at radius 2 is 2.33 bits per heavy atom. The van der Waals surface area contributed by atoms with E-state index in [1.807, 2.05) is 0 Å². The summed E-state index contributed by atoms with van der Waals surface area (Å²) in [6.07, 6.45) is 4.17. The van der Waals surface area contributed by atoms with Crippen molar-refractivity contribution < 1.29 is 9.13 Å². The van der Waals surface area contributed by atoms with Crippen molar-refractivity contribution in [3.05, 3.63) is 18.5 Å². The van der Waals surface area contributed by atoms with Gasteiger partial charge in [0, 0.05) is 6.20 Å². The molecule has 1 rings (SSSR count). The van der Waals surface area contributed by atoms with Crippen molar-refractivity contribution in [2.45, 2.75) is 5.52 Å². The van der Waals surface area contributed by atoms with Gasteiger partial charge in [0.1, 0.15) is 13.3 Å². The highest BCUT2D eigenvalue weighted by molar-refractivity contribution is 7.69. The van der Waals surface area contributed by atoms with Crippen LogP contribution in [0.2, 0.25) is 0 Å². The third-order valence-corrected chi connectivity index (χ3v) is 5.09. The van der Waals surface area contributed by atoms with Gasteiger partial charge < -0.3 is 4.57 Å². The molecule has 65 valence electrons. The first-order valence-corrected chi connectivity index (χ1v) is 6.89. The standard InChI is InChI=1S/C6H9N2O2P2/c1-12(2,10)6(11-9)8-5-3-4-7-8/h3,5-6H,1-2H3. The molecule has 0 saturated heterocycles. The molecule has 1 unspecified atom stereocenters. The summed E-state index contributed by atoms with van der Waals surface area (Å²) >= 11 is 0. The van der Waals surface area contributed by atoms with Crippen molar-refractivity contribution in [2.75, 3.05) is 13.3 Å². The molecule has 0 spiro atoms. The van der Waals surface area contributed by atoms with Gasteiger partial charge in [0.15, 0.2) is 14.0 Å². The van der Waals surface area contributed by atoms with Crippen molar-refractivity contribution in [3.63, 3.8) is 0 Å². The molecule has 0 N–H and O–H groups in total. The van der Waals surface area contributed by atoms with Gasteiger partial charge in [-0.1, -0.05) is 0 Å². The molecule has 1 atom stereocenters. The predicted octanol–water partition coefficient (Wildman–Crippen LogP) is 2.05. The molecular formula is C6H9N2O2P2. The summed E-state index contributed by atoms with van der Waals surface area (Å²) in [5, 5.41) is 3.77. The topological polar surface area (TPSA) is 52.0 Å². The minimum Gasteiger partial charge on any atom is -0.321 e. The Balaban J connectivity index is 3.00. The van der Waals surface area contributed by atoms with Gasteiger partial charge in [-0.15, -0.1) is 0 Å². The van der Waals surface area contributed by atoms with Crippen LogP contribution in [0.1, 0.15) is 5.52 Å². The van der Waals surface area contributed by atoms with E-state index in [4.69, 9.17) is 0 Å². The van der Waals surface area contributed by atoms with Gasteiger partial charge in [-0.3, -0.25) is 4.57 Å². The highest BCUT2D eigenvalue weighted by Crippen LogP contribution is 2.55. The molecule has 0 aliphatic carbocycles. The van der Waals surface area contributed by atoms with Gasteiger partial charge in [-0.2, -0.15) is 5.10 Å². The van der Waals surface area contributed by atoms with Gasteiger partial charge in [-0.05, 0) is 19.4 Å². The summed E-state index contributed by atoms with van der Waals surface area (Å²) in [6.45, 7) is 3.18. The van der Waals surface area contributed by atoms with Crippen molar-refractivity contribution in [2.24, 2.45) is 0 Å². The van der Waals surface area contributed by atoms with E-state index in [1.54, 1.807) is 25.6 Å². The van der Waals surface area contributed by atoms with E-state index in [2.05, 4.69) is 11.3 Å². The first-order valence-electron chi connectivity index (χ1n) is 3.34. The minimum atomic E-state index is -2.41. The summed E-state index contributed by atoms with van der Waals surface area (Å²) in [6, 6.07) is 1.59.